The second-order valence-electron chi connectivity index (χ2n) is 6.91. The molecule has 2 saturated heterocycles. The first-order valence-electron chi connectivity index (χ1n) is 8.22. The van der Waals surface area contributed by atoms with Gasteiger partial charge in [0.25, 0.3) is 5.91 Å². The normalized spacial score (nSPS) is 33.0. The Balaban J connectivity index is 1.37. The van der Waals surface area contributed by atoms with Gasteiger partial charge >= 0.3 is 0 Å². The molecule has 5 heteroatoms. The lowest BCUT2D eigenvalue weighted by atomic mass is 9.91. The number of hydrogen-bond acceptors (Lipinski definition) is 4. The summed E-state index contributed by atoms with van der Waals surface area (Å²) in [4.78, 5) is 15.2. The van der Waals surface area contributed by atoms with Crippen LogP contribution in [0.4, 0.5) is 0 Å². The molecule has 2 unspecified atom stereocenters. The van der Waals surface area contributed by atoms with E-state index in [1.165, 1.54) is 25.8 Å². The van der Waals surface area contributed by atoms with Crippen molar-refractivity contribution in [3.63, 3.8) is 0 Å². The van der Waals surface area contributed by atoms with Gasteiger partial charge in [-0.15, -0.1) is 0 Å². The van der Waals surface area contributed by atoms with Crippen LogP contribution in [0.1, 0.15) is 29.6 Å². The van der Waals surface area contributed by atoms with Crippen molar-refractivity contribution in [1.29, 1.82) is 0 Å². The van der Waals surface area contributed by atoms with Crippen LogP contribution in [0.15, 0.2) is 18.2 Å². The zero-order valence-corrected chi connectivity index (χ0v) is 12.5. The fourth-order valence-corrected chi connectivity index (χ4v) is 4.52. The van der Waals surface area contributed by atoms with E-state index in [0.29, 0.717) is 36.5 Å². The molecule has 3 aliphatic heterocycles. The van der Waals surface area contributed by atoms with Gasteiger partial charge in [-0.25, -0.2) is 0 Å². The van der Waals surface area contributed by atoms with Gasteiger partial charge in [0.15, 0.2) is 11.5 Å². The van der Waals surface area contributed by atoms with E-state index < -0.39 is 0 Å². The number of carbonyl (C=O) groups is 1. The standard InChI is InChI=1S/C17H20N2O3/c20-16(11-1-2-13-14(9-11)22-8-7-21-13)18-15-12-3-6-19(10-12)17(15)4-5-17/h1-2,9,12,15H,3-8,10H2,(H,18,20)/t12?,15-/m1/s1. The van der Waals surface area contributed by atoms with E-state index in [2.05, 4.69) is 10.2 Å². The molecule has 1 saturated carbocycles. The molecule has 1 aromatic carbocycles. The highest BCUT2D eigenvalue weighted by Gasteiger charge is 2.63. The predicted octanol–water partition coefficient (Wildman–Crippen LogP) is 1.42. The zero-order valence-electron chi connectivity index (χ0n) is 12.5. The summed E-state index contributed by atoms with van der Waals surface area (Å²) in [7, 11) is 0. The molecule has 3 fully saturated rings. The molecule has 3 heterocycles. The Morgan fingerprint density at radius 2 is 2.05 bits per heavy atom. The fraction of sp³-hybridized carbons (Fsp3) is 0.588. The van der Waals surface area contributed by atoms with E-state index in [1.54, 1.807) is 6.07 Å². The maximum atomic E-state index is 12.7. The van der Waals surface area contributed by atoms with Gasteiger partial charge in [0.2, 0.25) is 0 Å². The van der Waals surface area contributed by atoms with E-state index in [9.17, 15) is 4.79 Å². The van der Waals surface area contributed by atoms with Crippen LogP contribution in [0.2, 0.25) is 0 Å². The van der Waals surface area contributed by atoms with Crippen LogP contribution in [-0.2, 0) is 0 Å². The lowest BCUT2D eigenvalue weighted by Crippen LogP contribution is -2.51. The summed E-state index contributed by atoms with van der Waals surface area (Å²) in [5.74, 6) is 2.05. The summed E-state index contributed by atoms with van der Waals surface area (Å²) >= 11 is 0. The van der Waals surface area contributed by atoms with Crippen molar-refractivity contribution >= 4 is 5.91 Å². The number of rotatable bonds is 2. The number of piperidine rings is 1. The minimum atomic E-state index is 0.0157. The van der Waals surface area contributed by atoms with Crippen LogP contribution in [-0.4, -0.2) is 48.7 Å². The van der Waals surface area contributed by atoms with E-state index in [-0.39, 0.29) is 11.4 Å². The Morgan fingerprint density at radius 3 is 2.86 bits per heavy atom. The number of fused-ring (bicyclic) bond motifs is 4. The molecule has 1 amide bonds. The molecule has 2 bridgehead atoms. The second kappa shape index (κ2) is 4.38. The summed E-state index contributed by atoms with van der Waals surface area (Å²) in [5, 5.41) is 3.31. The molecule has 0 aromatic heterocycles. The van der Waals surface area contributed by atoms with Gasteiger partial charge in [0.05, 0.1) is 6.04 Å². The summed E-state index contributed by atoms with van der Waals surface area (Å²) in [5.41, 5.74) is 0.949. The third-order valence-electron chi connectivity index (χ3n) is 5.76. The molecule has 1 spiro atoms. The van der Waals surface area contributed by atoms with E-state index in [1.807, 2.05) is 12.1 Å². The van der Waals surface area contributed by atoms with Crippen LogP contribution in [0.5, 0.6) is 11.5 Å². The Hall–Kier alpha value is -1.75. The first-order valence-corrected chi connectivity index (χ1v) is 8.22. The van der Waals surface area contributed by atoms with Crippen LogP contribution < -0.4 is 14.8 Å². The lowest BCUT2D eigenvalue weighted by Gasteiger charge is -2.33. The Kier molecular flexibility index (Phi) is 2.54. The van der Waals surface area contributed by atoms with Gasteiger partial charge in [-0.1, -0.05) is 0 Å². The topological polar surface area (TPSA) is 50.8 Å². The summed E-state index contributed by atoms with van der Waals surface area (Å²) in [6.07, 6.45) is 3.68. The number of nitrogens with one attached hydrogen (secondary N) is 1. The number of hydrogen-bond donors (Lipinski definition) is 1. The molecule has 1 aromatic rings. The Morgan fingerprint density at radius 1 is 1.23 bits per heavy atom. The number of benzene rings is 1. The van der Waals surface area contributed by atoms with E-state index >= 15 is 0 Å². The molecular formula is C17H20N2O3. The van der Waals surface area contributed by atoms with Crippen molar-refractivity contribution in [1.82, 2.24) is 10.2 Å². The molecule has 5 nitrogen and oxygen atoms in total. The van der Waals surface area contributed by atoms with Gasteiger partial charge in [0.1, 0.15) is 13.2 Å². The van der Waals surface area contributed by atoms with Crippen molar-refractivity contribution in [2.45, 2.75) is 30.8 Å². The first-order chi connectivity index (χ1) is 10.8. The zero-order chi connectivity index (χ0) is 14.7. The van der Waals surface area contributed by atoms with Crippen LogP contribution in [0.25, 0.3) is 0 Å². The average Bonchev–Trinajstić information content (AvgIpc) is 3.10. The maximum absolute atomic E-state index is 12.7. The summed E-state index contributed by atoms with van der Waals surface area (Å²) < 4.78 is 11.1. The summed E-state index contributed by atoms with van der Waals surface area (Å²) in [6.45, 7) is 3.48. The first kappa shape index (κ1) is 12.8. The van der Waals surface area contributed by atoms with Gasteiger partial charge in [-0.2, -0.15) is 0 Å². The molecule has 1 aliphatic carbocycles. The highest BCUT2D eigenvalue weighted by Crippen LogP contribution is 2.55. The molecular weight excluding hydrogens is 280 g/mol. The van der Waals surface area contributed by atoms with Gasteiger partial charge < -0.3 is 14.8 Å². The van der Waals surface area contributed by atoms with Crippen molar-refractivity contribution in [3.8, 4) is 11.5 Å². The highest BCUT2D eigenvalue weighted by molar-refractivity contribution is 5.95. The third kappa shape index (κ3) is 1.72. The van der Waals surface area contributed by atoms with Crippen molar-refractivity contribution in [2.24, 2.45) is 5.92 Å². The predicted molar refractivity (Wildman–Crippen MR) is 80.3 cm³/mol. The van der Waals surface area contributed by atoms with Gasteiger partial charge in [0, 0.05) is 17.6 Å². The third-order valence-corrected chi connectivity index (χ3v) is 5.76. The SMILES string of the molecule is O=C(N[C@@H]1C2CCN(C2)C12CC2)c1ccc2c(c1)OCCO2. The second-order valence-corrected chi connectivity index (χ2v) is 6.91. The number of ether oxygens (including phenoxy) is 2. The molecule has 116 valence electrons. The number of nitrogens with zero attached hydrogens (tertiary/aromatic N) is 1. The lowest BCUT2D eigenvalue weighted by molar-refractivity contribution is 0.0891. The minimum Gasteiger partial charge on any atom is -0.486 e. The van der Waals surface area contributed by atoms with E-state index in [4.69, 9.17) is 9.47 Å². The largest absolute Gasteiger partial charge is 0.486 e. The Bertz CT molecular complexity index is 641. The Labute approximate surface area is 129 Å². The molecule has 0 radical (unpaired) electrons. The van der Waals surface area contributed by atoms with Gasteiger partial charge in [-0.05, 0) is 49.9 Å². The molecule has 22 heavy (non-hydrogen) atoms. The smallest absolute Gasteiger partial charge is 0.251 e. The van der Waals surface area contributed by atoms with Crippen LogP contribution >= 0.6 is 0 Å². The summed E-state index contributed by atoms with van der Waals surface area (Å²) in [6, 6.07) is 5.79. The highest BCUT2D eigenvalue weighted by atomic mass is 16.6. The quantitative estimate of drug-likeness (QED) is 0.897. The van der Waals surface area contributed by atoms with Crippen LogP contribution in [0, 0.1) is 5.92 Å². The van der Waals surface area contributed by atoms with Gasteiger partial charge in [-0.3, -0.25) is 9.69 Å². The van der Waals surface area contributed by atoms with Crippen molar-refractivity contribution < 1.29 is 14.3 Å². The van der Waals surface area contributed by atoms with Crippen molar-refractivity contribution in [2.75, 3.05) is 26.3 Å². The molecule has 4 aliphatic rings. The van der Waals surface area contributed by atoms with Crippen LogP contribution in [0.3, 0.4) is 0 Å². The monoisotopic (exact) mass is 300 g/mol. The van der Waals surface area contributed by atoms with Crippen molar-refractivity contribution in [3.05, 3.63) is 23.8 Å². The average molecular weight is 300 g/mol. The number of amides is 1. The molecule has 5 rings (SSSR count). The van der Waals surface area contributed by atoms with E-state index in [0.717, 1.165) is 12.3 Å². The minimum absolute atomic E-state index is 0.0157. The molecule has 1 N–H and O–H groups in total. The fourth-order valence-electron chi connectivity index (χ4n) is 4.52. The maximum Gasteiger partial charge on any atom is 0.251 e. The number of carbonyl (C=O) groups excluding carboxylic acids is 1. The molecule has 3 atom stereocenters.